The minimum Gasteiger partial charge on any atom is -0.508 e. The zero-order chi connectivity index (χ0) is 18.8. The van der Waals surface area contributed by atoms with Crippen LogP contribution in [0.1, 0.15) is 11.4 Å². The van der Waals surface area contributed by atoms with Gasteiger partial charge < -0.3 is 5.11 Å². The first-order chi connectivity index (χ1) is 13.1. The fourth-order valence-corrected chi connectivity index (χ4v) is 3.10. The molecule has 1 N–H and O–H groups in total. The summed E-state index contributed by atoms with van der Waals surface area (Å²) >= 11 is 6.35. The maximum Gasteiger partial charge on any atom is 0.266 e. The Balaban J connectivity index is 1.95. The third kappa shape index (κ3) is 3.35. The Morgan fingerprint density at radius 3 is 2.37 bits per heavy atom. The zero-order valence-electron chi connectivity index (χ0n) is 14.2. The molecule has 4 aromatic rings. The highest BCUT2D eigenvalue weighted by Crippen LogP contribution is 2.22. The Labute approximate surface area is 160 Å². The Morgan fingerprint density at radius 2 is 1.59 bits per heavy atom. The summed E-state index contributed by atoms with van der Waals surface area (Å²) in [5.74, 6) is 0.670. The van der Waals surface area contributed by atoms with E-state index in [1.807, 2.05) is 36.4 Å². The molecule has 0 spiro atoms. The first-order valence-electron chi connectivity index (χ1n) is 8.37. The van der Waals surface area contributed by atoms with Crippen LogP contribution in [-0.4, -0.2) is 14.7 Å². The molecular weight excluding hydrogens is 360 g/mol. The molecule has 27 heavy (non-hydrogen) atoms. The van der Waals surface area contributed by atoms with E-state index in [-0.39, 0.29) is 11.3 Å². The number of fused-ring (bicyclic) bond motifs is 1. The molecule has 4 rings (SSSR count). The standard InChI is InChI=1S/C22H15ClN2O2/c23-18-6-2-4-8-20(18)25-21(14-11-15-9-12-16(26)13-10-15)24-19-7-3-1-5-17(19)22(25)27/h1-14,26H. The van der Waals surface area contributed by atoms with Crippen LogP contribution in [0.15, 0.2) is 77.6 Å². The third-order valence-corrected chi connectivity index (χ3v) is 4.53. The van der Waals surface area contributed by atoms with Gasteiger partial charge in [-0.05, 0) is 48.0 Å². The van der Waals surface area contributed by atoms with E-state index in [1.165, 1.54) is 4.57 Å². The van der Waals surface area contributed by atoms with Gasteiger partial charge in [-0.1, -0.05) is 54.1 Å². The number of hydrogen-bond acceptors (Lipinski definition) is 3. The molecule has 0 amide bonds. The van der Waals surface area contributed by atoms with Gasteiger partial charge in [0.1, 0.15) is 11.6 Å². The van der Waals surface area contributed by atoms with Gasteiger partial charge in [0, 0.05) is 0 Å². The van der Waals surface area contributed by atoms with E-state index in [4.69, 9.17) is 11.6 Å². The van der Waals surface area contributed by atoms with Crippen molar-refractivity contribution in [2.24, 2.45) is 0 Å². The van der Waals surface area contributed by atoms with Gasteiger partial charge in [-0.2, -0.15) is 0 Å². The van der Waals surface area contributed by atoms with Crippen LogP contribution >= 0.6 is 11.6 Å². The first-order valence-corrected chi connectivity index (χ1v) is 8.75. The molecule has 0 saturated heterocycles. The normalized spacial score (nSPS) is 11.3. The van der Waals surface area contributed by atoms with E-state index >= 15 is 0 Å². The smallest absolute Gasteiger partial charge is 0.266 e. The molecule has 5 heteroatoms. The lowest BCUT2D eigenvalue weighted by Gasteiger charge is -2.12. The number of hydrogen-bond donors (Lipinski definition) is 1. The van der Waals surface area contributed by atoms with E-state index in [1.54, 1.807) is 48.5 Å². The molecule has 0 fully saturated rings. The molecule has 3 aromatic carbocycles. The second kappa shape index (κ2) is 7.09. The van der Waals surface area contributed by atoms with Crippen molar-refractivity contribution in [1.29, 1.82) is 0 Å². The molecule has 1 heterocycles. The molecule has 0 atom stereocenters. The highest BCUT2D eigenvalue weighted by Gasteiger charge is 2.13. The molecule has 0 bridgehead atoms. The number of rotatable bonds is 3. The fraction of sp³-hybridized carbons (Fsp3) is 0. The summed E-state index contributed by atoms with van der Waals surface area (Å²) in [6.45, 7) is 0. The van der Waals surface area contributed by atoms with Crippen LogP contribution in [0.25, 0.3) is 28.7 Å². The summed E-state index contributed by atoms with van der Waals surface area (Å²) in [5.41, 5.74) is 1.89. The molecule has 4 nitrogen and oxygen atoms in total. The Kier molecular flexibility index (Phi) is 4.48. The average molecular weight is 375 g/mol. The maximum absolute atomic E-state index is 13.2. The molecule has 1 aromatic heterocycles. The van der Waals surface area contributed by atoms with Crippen LogP contribution in [0.3, 0.4) is 0 Å². The molecule has 0 radical (unpaired) electrons. The summed E-state index contributed by atoms with van der Waals surface area (Å²) in [6, 6.07) is 21.2. The predicted molar refractivity (Wildman–Crippen MR) is 109 cm³/mol. The van der Waals surface area contributed by atoms with Gasteiger partial charge in [0.15, 0.2) is 0 Å². The summed E-state index contributed by atoms with van der Waals surface area (Å²) < 4.78 is 1.52. The van der Waals surface area contributed by atoms with Crippen LogP contribution in [0.4, 0.5) is 0 Å². The van der Waals surface area contributed by atoms with E-state index in [0.717, 1.165) is 5.56 Å². The largest absolute Gasteiger partial charge is 0.508 e. The molecule has 0 unspecified atom stereocenters. The Hall–Kier alpha value is -3.37. The van der Waals surface area contributed by atoms with Crippen molar-refractivity contribution in [3.63, 3.8) is 0 Å². The molecule has 132 valence electrons. The molecule has 0 aliphatic rings. The van der Waals surface area contributed by atoms with Gasteiger partial charge in [-0.25, -0.2) is 4.98 Å². The van der Waals surface area contributed by atoms with Crippen LogP contribution in [0, 0.1) is 0 Å². The van der Waals surface area contributed by atoms with Crippen molar-refractivity contribution >= 4 is 34.7 Å². The predicted octanol–water partition coefficient (Wildman–Crippen LogP) is 4.92. The molecular formula is C22H15ClN2O2. The highest BCUT2D eigenvalue weighted by molar-refractivity contribution is 6.32. The number of phenolic OH excluding ortho intramolecular Hbond substituents is 1. The van der Waals surface area contributed by atoms with Crippen LogP contribution in [0.5, 0.6) is 5.75 Å². The topological polar surface area (TPSA) is 55.1 Å². The summed E-state index contributed by atoms with van der Waals surface area (Å²) in [7, 11) is 0. The average Bonchev–Trinajstić information content (AvgIpc) is 2.69. The Bertz CT molecular complexity index is 1210. The summed E-state index contributed by atoms with van der Waals surface area (Å²) in [4.78, 5) is 17.8. The number of halogens is 1. The SMILES string of the molecule is O=c1c2ccccc2nc(C=Cc2ccc(O)cc2)n1-c1ccccc1Cl. The number of aromatic nitrogens is 2. The second-order valence-electron chi connectivity index (χ2n) is 6.00. The molecule has 0 saturated carbocycles. The minimum absolute atomic E-state index is 0.181. The van der Waals surface area contributed by atoms with Crippen LogP contribution in [0.2, 0.25) is 5.02 Å². The summed E-state index contributed by atoms with van der Waals surface area (Å²) in [6.07, 6.45) is 3.60. The van der Waals surface area contributed by atoms with Gasteiger partial charge in [-0.3, -0.25) is 9.36 Å². The number of para-hydroxylation sites is 2. The van der Waals surface area contributed by atoms with Crippen molar-refractivity contribution in [1.82, 2.24) is 9.55 Å². The molecule has 0 aliphatic heterocycles. The lowest BCUT2D eigenvalue weighted by molar-refractivity contribution is 0.475. The first kappa shape index (κ1) is 17.1. The third-order valence-electron chi connectivity index (χ3n) is 4.21. The lowest BCUT2D eigenvalue weighted by atomic mass is 10.2. The van der Waals surface area contributed by atoms with Crippen molar-refractivity contribution in [2.75, 3.05) is 0 Å². The van der Waals surface area contributed by atoms with Gasteiger partial charge >= 0.3 is 0 Å². The lowest BCUT2D eigenvalue weighted by Crippen LogP contribution is -2.22. The van der Waals surface area contributed by atoms with Crippen molar-refractivity contribution in [3.8, 4) is 11.4 Å². The van der Waals surface area contributed by atoms with Crippen molar-refractivity contribution in [2.45, 2.75) is 0 Å². The van der Waals surface area contributed by atoms with E-state index in [9.17, 15) is 9.90 Å². The zero-order valence-corrected chi connectivity index (χ0v) is 15.0. The highest BCUT2D eigenvalue weighted by atomic mass is 35.5. The second-order valence-corrected chi connectivity index (χ2v) is 6.41. The van der Waals surface area contributed by atoms with Crippen molar-refractivity contribution < 1.29 is 5.11 Å². The number of nitrogens with zero attached hydrogens (tertiary/aromatic N) is 2. The van der Waals surface area contributed by atoms with Gasteiger partial charge in [0.25, 0.3) is 5.56 Å². The van der Waals surface area contributed by atoms with Crippen molar-refractivity contribution in [3.05, 3.63) is 99.6 Å². The van der Waals surface area contributed by atoms with Crippen LogP contribution < -0.4 is 5.56 Å². The molecule has 0 aliphatic carbocycles. The minimum atomic E-state index is -0.181. The van der Waals surface area contributed by atoms with Gasteiger partial charge in [-0.15, -0.1) is 0 Å². The summed E-state index contributed by atoms with van der Waals surface area (Å²) in [5, 5.41) is 10.4. The maximum atomic E-state index is 13.2. The van der Waals surface area contributed by atoms with E-state index < -0.39 is 0 Å². The van der Waals surface area contributed by atoms with E-state index in [2.05, 4.69) is 4.98 Å². The van der Waals surface area contributed by atoms with E-state index in [0.29, 0.717) is 27.4 Å². The number of aromatic hydroxyl groups is 1. The quantitative estimate of drug-likeness (QED) is 0.554. The Morgan fingerprint density at radius 1 is 0.889 bits per heavy atom. The van der Waals surface area contributed by atoms with Gasteiger partial charge in [0.05, 0.1) is 21.6 Å². The number of benzene rings is 3. The number of phenols is 1. The van der Waals surface area contributed by atoms with Crippen LogP contribution in [-0.2, 0) is 0 Å². The monoisotopic (exact) mass is 374 g/mol. The van der Waals surface area contributed by atoms with Gasteiger partial charge in [0.2, 0.25) is 0 Å². The fourth-order valence-electron chi connectivity index (χ4n) is 2.88.